The second-order valence-electron chi connectivity index (χ2n) is 16.5. The van der Waals surface area contributed by atoms with Crippen LogP contribution in [-0.4, -0.2) is 47.3 Å². The number of nitro benzene ring substituents is 1. The summed E-state index contributed by atoms with van der Waals surface area (Å²) in [6.45, 7) is 5.08. The molecule has 1 aromatic rings. The first-order valence-corrected chi connectivity index (χ1v) is 25.3. The molecule has 338 valence electrons. The van der Waals surface area contributed by atoms with Gasteiger partial charge in [0.25, 0.3) is 17.5 Å². The Morgan fingerprint density at radius 2 is 1.08 bits per heavy atom. The van der Waals surface area contributed by atoms with E-state index in [4.69, 9.17) is 18.6 Å². The summed E-state index contributed by atoms with van der Waals surface area (Å²) in [6, 6.07) is 5.76. The normalized spacial score (nSPS) is 14.4. The van der Waals surface area contributed by atoms with Crippen molar-refractivity contribution in [1.29, 1.82) is 0 Å². The van der Waals surface area contributed by atoms with E-state index in [1.165, 1.54) is 127 Å². The monoisotopic (exact) mass is 851 g/mol. The van der Waals surface area contributed by atoms with Crippen molar-refractivity contribution in [3.63, 3.8) is 0 Å². The van der Waals surface area contributed by atoms with Crippen LogP contribution in [0, 0.1) is 16.0 Å². The van der Waals surface area contributed by atoms with Crippen LogP contribution in [0.3, 0.4) is 0 Å². The molecule has 1 saturated heterocycles. The van der Waals surface area contributed by atoms with Gasteiger partial charge in [0.1, 0.15) is 5.75 Å². The predicted octanol–water partition coefficient (Wildman–Crippen LogP) is 14.4. The first kappa shape index (κ1) is 52.2. The average Bonchev–Trinajstić information content (AvgIpc) is 3.53. The quantitative estimate of drug-likeness (QED) is 0.0156. The number of hydroxylamine groups is 2. The van der Waals surface area contributed by atoms with Gasteiger partial charge in [-0.1, -0.05) is 179 Å². The summed E-state index contributed by atoms with van der Waals surface area (Å²) in [5, 5.41) is 11.7. The molecule has 2 unspecified atom stereocenters. The van der Waals surface area contributed by atoms with Crippen LogP contribution in [0.4, 0.5) is 10.5 Å². The topological polar surface area (TPSA) is 152 Å². The van der Waals surface area contributed by atoms with Crippen LogP contribution >= 0.6 is 7.60 Å². The van der Waals surface area contributed by atoms with Crippen LogP contribution in [0.2, 0.25) is 0 Å². The van der Waals surface area contributed by atoms with Crippen molar-refractivity contribution in [2.24, 2.45) is 5.92 Å². The summed E-state index contributed by atoms with van der Waals surface area (Å²) in [6.07, 6.45) is 32.9. The van der Waals surface area contributed by atoms with E-state index in [0.717, 1.165) is 70.6 Å². The Labute approximate surface area is 356 Å². The highest BCUT2D eigenvalue weighted by molar-refractivity contribution is 7.54. The van der Waals surface area contributed by atoms with E-state index in [0.29, 0.717) is 42.3 Å². The first-order valence-electron chi connectivity index (χ1n) is 23.6. The van der Waals surface area contributed by atoms with Crippen molar-refractivity contribution in [1.82, 2.24) is 5.06 Å². The van der Waals surface area contributed by atoms with E-state index in [-0.39, 0.29) is 25.1 Å². The van der Waals surface area contributed by atoms with E-state index in [9.17, 15) is 29.1 Å². The number of ether oxygens (including phenoxy) is 1. The Morgan fingerprint density at radius 1 is 0.661 bits per heavy atom. The molecule has 0 radical (unpaired) electrons. The number of benzene rings is 1. The van der Waals surface area contributed by atoms with Crippen LogP contribution in [0.25, 0.3) is 0 Å². The fraction of sp³-hybridized carbons (Fsp3) is 0.804. The summed E-state index contributed by atoms with van der Waals surface area (Å²) in [4.78, 5) is 50.3. The van der Waals surface area contributed by atoms with Gasteiger partial charge in [-0.2, -0.15) is 0 Å². The van der Waals surface area contributed by atoms with Crippen molar-refractivity contribution in [3.05, 3.63) is 34.4 Å². The van der Waals surface area contributed by atoms with E-state index in [1.807, 2.05) is 0 Å². The minimum absolute atomic E-state index is 0.0411. The number of carbonyl (C=O) groups is 3. The number of hydrogen-bond acceptors (Lipinski definition) is 10. The van der Waals surface area contributed by atoms with E-state index in [2.05, 4.69) is 13.8 Å². The first-order chi connectivity index (χ1) is 28.7. The number of carbonyl (C=O) groups excluding carboxylic acids is 3. The molecule has 0 saturated carbocycles. The Hall–Kier alpha value is -2.98. The van der Waals surface area contributed by atoms with E-state index in [1.54, 1.807) is 0 Å². The van der Waals surface area contributed by atoms with Crippen molar-refractivity contribution in [3.8, 4) is 5.75 Å². The lowest BCUT2D eigenvalue weighted by molar-refractivity contribution is -0.384. The van der Waals surface area contributed by atoms with Crippen LogP contribution in [0.5, 0.6) is 5.75 Å². The molecule has 2 amide bonds. The Kier molecular flexibility index (Phi) is 29.8. The number of nitro groups is 1. The number of rotatable bonds is 39. The van der Waals surface area contributed by atoms with Crippen molar-refractivity contribution in [2.75, 3.05) is 19.4 Å². The zero-order valence-corrected chi connectivity index (χ0v) is 37.7. The van der Waals surface area contributed by atoms with Crippen molar-refractivity contribution < 1.29 is 42.5 Å². The second kappa shape index (κ2) is 33.7. The van der Waals surface area contributed by atoms with Crippen LogP contribution < -0.4 is 4.52 Å². The maximum atomic E-state index is 14.3. The zero-order valence-electron chi connectivity index (χ0n) is 36.9. The number of non-ortho nitro benzene ring substituents is 1. The molecule has 13 heteroatoms. The summed E-state index contributed by atoms with van der Waals surface area (Å²) in [7, 11) is -3.51. The number of unbranched alkanes of at least 4 members (excludes halogenated alkanes) is 24. The summed E-state index contributed by atoms with van der Waals surface area (Å²) < 4.78 is 31.7. The minimum atomic E-state index is -3.51. The van der Waals surface area contributed by atoms with E-state index < -0.39 is 30.5 Å². The van der Waals surface area contributed by atoms with Gasteiger partial charge in [-0.3, -0.25) is 29.1 Å². The van der Waals surface area contributed by atoms with Crippen molar-refractivity contribution >= 4 is 31.3 Å². The largest absolute Gasteiger partial charge is 0.533 e. The highest BCUT2D eigenvalue weighted by Gasteiger charge is 2.33. The van der Waals surface area contributed by atoms with Crippen LogP contribution in [0.15, 0.2) is 24.3 Å². The summed E-state index contributed by atoms with van der Waals surface area (Å²) >= 11 is 0. The highest BCUT2D eigenvalue weighted by Crippen LogP contribution is 2.50. The molecule has 2 rings (SSSR count). The number of imide groups is 1. The molecule has 0 bridgehead atoms. The predicted molar refractivity (Wildman–Crippen MR) is 234 cm³/mol. The number of nitrogens with zero attached hydrogens (tertiary/aromatic N) is 2. The standard InChI is InChI=1S/C46H79N2O10P/c1-3-5-7-9-11-13-15-19-23-27-31-41(30-26-22-18-12-10-8-6-4-2)40-56-59(54,58-43-34-32-42(33-35-43)48(52)53)39-29-25-21-17-14-16-20-24-28-38-55-46(51)57-47-44(49)36-37-45(47)50/h32-35,41H,3-31,36-40H2,1-2H3. The maximum absolute atomic E-state index is 14.3. The van der Waals surface area contributed by atoms with Gasteiger partial charge in [0, 0.05) is 25.0 Å². The minimum Gasteiger partial charge on any atom is -0.433 e. The zero-order chi connectivity index (χ0) is 42.8. The molecule has 0 N–H and O–H groups in total. The van der Waals surface area contributed by atoms with Gasteiger partial charge in [-0.05, 0) is 43.7 Å². The van der Waals surface area contributed by atoms with Gasteiger partial charge in [-0.15, -0.1) is 0 Å². The van der Waals surface area contributed by atoms with Gasteiger partial charge in [0.15, 0.2) is 0 Å². The molecule has 2 atom stereocenters. The maximum Gasteiger partial charge on any atom is 0.533 e. The molecular formula is C46H79N2O10P. The second-order valence-corrected chi connectivity index (χ2v) is 18.6. The van der Waals surface area contributed by atoms with Gasteiger partial charge in [-0.25, -0.2) is 9.36 Å². The summed E-state index contributed by atoms with van der Waals surface area (Å²) in [5.41, 5.74) is -0.0431. The Morgan fingerprint density at radius 3 is 1.54 bits per heavy atom. The van der Waals surface area contributed by atoms with Gasteiger partial charge < -0.3 is 9.26 Å². The number of hydrogen-bond donors (Lipinski definition) is 0. The average molecular weight is 851 g/mol. The third-order valence-corrected chi connectivity index (χ3v) is 13.1. The smallest absolute Gasteiger partial charge is 0.433 e. The fourth-order valence-corrected chi connectivity index (χ4v) is 9.27. The molecule has 12 nitrogen and oxygen atoms in total. The molecule has 0 spiro atoms. The highest BCUT2D eigenvalue weighted by atomic mass is 31.2. The molecule has 1 aromatic carbocycles. The molecule has 0 aromatic heterocycles. The van der Waals surface area contributed by atoms with E-state index >= 15 is 0 Å². The lowest BCUT2D eigenvalue weighted by Crippen LogP contribution is -2.32. The molecule has 1 heterocycles. The molecule has 1 fully saturated rings. The lowest BCUT2D eigenvalue weighted by atomic mass is 9.94. The Bertz CT molecular complexity index is 1310. The third-order valence-electron chi connectivity index (χ3n) is 11.2. The van der Waals surface area contributed by atoms with Gasteiger partial charge in [0.2, 0.25) is 0 Å². The lowest BCUT2D eigenvalue weighted by Gasteiger charge is -2.23. The molecule has 1 aliphatic rings. The van der Waals surface area contributed by atoms with Gasteiger partial charge >= 0.3 is 13.8 Å². The Balaban J connectivity index is 1.79. The molecule has 59 heavy (non-hydrogen) atoms. The van der Waals surface area contributed by atoms with Gasteiger partial charge in [0.05, 0.1) is 24.3 Å². The van der Waals surface area contributed by atoms with Crippen molar-refractivity contribution in [2.45, 2.75) is 213 Å². The van der Waals surface area contributed by atoms with Crippen LogP contribution in [0.1, 0.15) is 213 Å². The summed E-state index contributed by atoms with van der Waals surface area (Å²) in [5.74, 6) is -0.419. The fourth-order valence-electron chi connectivity index (χ4n) is 7.50. The van der Waals surface area contributed by atoms with Crippen LogP contribution in [-0.2, 0) is 28.3 Å². The molecule has 0 aliphatic carbocycles. The molecular weight excluding hydrogens is 771 g/mol. The third kappa shape index (κ3) is 26.1. The molecule has 1 aliphatic heterocycles. The number of amides is 2. The SMILES string of the molecule is CCCCCCCCCCCCC(CCCCCCCCCC)COP(=O)(CCCCCCCCCCCOC(=O)ON1C(=O)CCC1=O)Oc1ccc([N+](=O)[O-])cc1.